The first kappa shape index (κ1) is 24.7. The van der Waals surface area contributed by atoms with Gasteiger partial charge in [-0.1, -0.05) is 25.4 Å². The van der Waals surface area contributed by atoms with E-state index < -0.39 is 11.9 Å². The van der Waals surface area contributed by atoms with Gasteiger partial charge in [-0.3, -0.25) is 9.59 Å². The Balaban J connectivity index is 2.08. The van der Waals surface area contributed by atoms with E-state index in [1.807, 2.05) is 20.8 Å². The monoisotopic (exact) mass is 509 g/mol. The smallest absolute Gasteiger partial charge is 0.262 e. The average Bonchev–Trinajstić information content (AvgIpc) is 2.72. The Hall–Kier alpha value is -2.58. The quantitative estimate of drug-likeness (QED) is 0.386. The van der Waals surface area contributed by atoms with Crippen LogP contribution < -0.4 is 20.2 Å². The van der Waals surface area contributed by atoms with E-state index in [2.05, 4.69) is 31.8 Å². The number of carbonyl (C=O) groups is 2. The molecule has 7 nitrogen and oxygen atoms in total. The van der Waals surface area contributed by atoms with Gasteiger partial charge < -0.3 is 14.8 Å². The van der Waals surface area contributed by atoms with Crippen molar-refractivity contribution in [1.82, 2.24) is 10.7 Å². The topological polar surface area (TPSA) is 89.0 Å². The standard InChI is InChI=1S/C22H25BrClN3O4/c1-5-31-18-11-14(10-17(23)20(18)30-4)12-25-27-22(29)19(13(2)3)26-21(28)15-6-8-16(24)9-7-15/h6-13,19H,5H2,1-4H3,(H,26,28)(H,27,29). The summed E-state index contributed by atoms with van der Waals surface area (Å²) in [7, 11) is 1.56. The fourth-order valence-electron chi connectivity index (χ4n) is 2.72. The number of amides is 2. The first-order chi connectivity index (χ1) is 14.8. The minimum atomic E-state index is -0.762. The second kappa shape index (κ2) is 11.7. The Morgan fingerprint density at radius 3 is 2.48 bits per heavy atom. The van der Waals surface area contributed by atoms with Crippen LogP contribution in [0.1, 0.15) is 36.7 Å². The number of methoxy groups -OCH3 is 1. The molecule has 0 bridgehead atoms. The second-order valence-corrected chi connectivity index (χ2v) is 8.19. The molecule has 1 unspecified atom stereocenters. The molecule has 2 rings (SSSR count). The molecule has 31 heavy (non-hydrogen) atoms. The Kier molecular flexibility index (Phi) is 9.33. The van der Waals surface area contributed by atoms with E-state index in [9.17, 15) is 9.59 Å². The lowest BCUT2D eigenvalue weighted by Crippen LogP contribution is -2.48. The summed E-state index contributed by atoms with van der Waals surface area (Å²) < 4.78 is 11.6. The number of ether oxygens (including phenoxy) is 2. The Labute approximate surface area is 195 Å². The van der Waals surface area contributed by atoms with Gasteiger partial charge >= 0.3 is 0 Å². The van der Waals surface area contributed by atoms with Crippen LogP contribution in [-0.2, 0) is 4.79 Å². The van der Waals surface area contributed by atoms with Crippen molar-refractivity contribution in [2.45, 2.75) is 26.8 Å². The zero-order valence-corrected chi connectivity index (χ0v) is 20.1. The van der Waals surface area contributed by atoms with E-state index in [1.54, 1.807) is 43.5 Å². The highest BCUT2D eigenvalue weighted by molar-refractivity contribution is 9.10. The summed E-state index contributed by atoms with van der Waals surface area (Å²) in [6.45, 7) is 6.03. The Bertz CT molecular complexity index is 949. The number of hydrazone groups is 1. The fourth-order valence-corrected chi connectivity index (χ4v) is 3.47. The third-order valence-electron chi connectivity index (χ3n) is 4.27. The van der Waals surface area contributed by atoms with E-state index in [0.717, 1.165) is 0 Å². The number of nitrogens with zero attached hydrogens (tertiary/aromatic N) is 1. The summed E-state index contributed by atoms with van der Waals surface area (Å²) in [5, 5.41) is 7.29. The number of carbonyl (C=O) groups excluding carboxylic acids is 2. The van der Waals surface area contributed by atoms with Crippen molar-refractivity contribution in [3.05, 3.63) is 57.0 Å². The molecular formula is C22H25BrClN3O4. The fraction of sp³-hybridized carbons (Fsp3) is 0.318. The number of hydrogen-bond acceptors (Lipinski definition) is 5. The first-order valence-electron chi connectivity index (χ1n) is 9.66. The molecule has 0 heterocycles. The molecule has 2 amide bonds. The van der Waals surface area contributed by atoms with Gasteiger partial charge in [0.1, 0.15) is 6.04 Å². The summed E-state index contributed by atoms with van der Waals surface area (Å²) in [6.07, 6.45) is 1.49. The molecule has 0 aliphatic rings. The van der Waals surface area contributed by atoms with E-state index >= 15 is 0 Å². The maximum atomic E-state index is 12.6. The maximum absolute atomic E-state index is 12.6. The van der Waals surface area contributed by atoms with Crippen LogP contribution in [0.4, 0.5) is 0 Å². The highest BCUT2D eigenvalue weighted by Crippen LogP contribution is 2.36. The van der Waals surface area contributed by atoms with Gasteiger partial charge in [-0.25, -0.2) is 5.43 Å². The first-order valence-corrected chi connectivity index (χ1v) is 10.8. The Morgan fingerprint density at radius 1 is 1.23 bits per heavy atom. The van der Waals surface area contributed by atoms with Crippen molar-refractivity contribution >= 4 is 45.6 Å². The molecule has 0 saturated heterocycles. The Morgan fingerprint density at radius 2 is 1.90 bits per heavy atom. The van der Waals surface area contributed by atoms with E-state index in [-0.39, 0.29) is 11.8 Å². The van der Waals surface area contributed by atoms with Crippen LogP contribution in [-0.4, -0.2) is 37.8 Å². The highest BCUT2D eigenvalue weighted by Gasteiger charge is 2.24. The average molecular weight is 511 g/mol. The molecule has 166 valence electrons. The molecule has 2 aromatic rings. The third-order valence-corrected chi connectivity index (χ3v) is 5.11. The van der Waals surface area contributed by atoms with Crippen molar-refractivity contribution in [1.29, 1.82) is 0 Å². The SMILES string of the molecule is CCOc1cc(C=NNC(=O)C(NC(=O)c2ccc(Cl)cc2)C(C)C)cc(Br)c1OC. The molecule has 0 aliphatic carbocycles. The van der Waals surface area contributed by atoms with Gasteiger partial charge in [0.2, 0.25) is 0 Å². The highest BCUT2D eigenvalue weighted by atomic mass is 79.9. The molecule has 0 saturated carbocycles. The van der Waals surface area contributed by atoms with Crippen molar-refractivity contribution < 1.29 is 19.1 Å². The number of rotatable bonds is 9. The van der Waals surface area contributed by atoms with Crippen LogP contribution in [0.25, 0.3) is 0 Å². The molecule has 0 aliphatic heterocycles. The van der Waals surface area contributed by atoms with Crippen molar-refractivity contribution in [3.63, 3.8) is 0 Å². The molecule has 9 heteroatoms. The minimum Gasteiger partial charge on any atom is -0.492 e. The molecule has 2 aromatic carbocycles. The van der Waals surface area contributed by atoms with Gasteiger partial charge in [-0.2, -0.15) is 5.10 Å². The molecule has 0 fully saturated rings. The van der Waals surface area contributed by atoms with E-state index in [1.165, 1.54) is 6.21 Å². The van der Waals surface area contributed by atoms with Crippen LogP contribution in [0.2, 0.25) is 5.02 Å². The number of nitrogens with one attached hydrogen (secondary N) is 2. The summed E-state index contributed by atoms with van der Waals surface area (Å²) in [6, 6.07) is 9.22. The van der Waals surface area contributed by atoms with Crippen LogP contribution >= 0.6 is 27.5 Å². The molecule has 2 N–H and O–H groups in total. The minimum absolute atomic E-state index is 0.147. The van der Waals surface area contributed by atoms with Crippen LogP contribution in [0.3, 0.4) is 0 Å². The second-order valence-electron chi connectivity index (χ2n) is 6.90. The number of hydrogen-bond donors (Lipinski definition) is 2. The summed E-state index contributed by atoms with van der Waals surface area (Å²) in [5.41, 5.74) is 3.60. The normalized spacial score (nSPS) is 12.0. The van der Waals surface area contributed by atoms with Crippen LogP contribution in [0, 0.1) is 5.92 Å². The van der Waals surface area contributed by atoms with Crippen LogP contribution in [0.5, 0.6) is 11.5 Å². The van der Waals surface area contributed by atoms with Gasteiger partial charge in [0, 0.05) is 10.6 Å². The van der Waals surface area contributed by atoms with Crippen molar-refractivity contribution in [2.24, 2.45) is 11.0 Å². The molecular weight excluding hydrogens is 486 g/mol. The maximum Gasteiger partial charge on any atom is 0.262 e. The zero-order chi connectivity index (χ0) is 23.0. The predicted octanol–water partition coefficient (Wildman–Crippen LogP) is 4.41. The summed E-state index contributed by atoms with van der Waals surface area (Å²) in [5.74, 6) is 0.197. The van der Waals surface area contributed by atoms with Gasteiger partial charge in [0.05, 0.1) is 24.4 Å². The largest absolute Gasteiger partial charge is 0.492 e. The van der Waals surface area contributed by atoms with E-state index in [0.29, 0.717) is 38.7 Å². The van der Waals surface area contributed by atoms with Gasteiger partial charge in [-0.15, -0.1) is 0 Å². The van der Waals surface area contributed by atoms with Crippen molar-refractivity contribution in [2.75, 3.05) is 13.7 Å². The zero-order valence-electron chi connectivity index (χ0n) is 17.7. The molecule has 1 atom stereocenters. The van der Waals surface area contributed by atoms with Crippen molar-refractivity contribution in [3.8, 4) is 11.5 Å². The number of benzene rings is 2. The lowest BCUT2D eigenvalue weighted by molar-refractivity contribution is -0.123. The van der Waals surface area contributed by atoms with Gasteiger partial charge in [-0.05, 0) is 70.7 Å². The van der Waals surface area contributed by atoms with E-state index in [4.69, 9.17) is 21.1 Å². The molecule has 0 spiro atoms. The molecule has 0 radical (unpaired) electrons. The van der Waals surface area contributed by atoms with Gasteiger partial charge in [0.15, 0.2) is 11.5 Å². The van der Waals surface area contributed by atoms with Gasteiger partial charge in [0.25, 0.3) is 11.8 Å². The predicted molar refractivity (Wildman–Crippen MR) is 125 cm³/mol. The molecule has 0 aromatic heterocycles. The summed E-state index contributed by atoms with van der Waals surface area (Å²) in [4.78, 5) is 25.1. The lowest BCUT2D eigenvalue weighted by Gasteiger charge is -2.20. The third kappa shape index (κ3) is 6.97. The lowest BCUT2D eigenvalue weighted by atomic mass is 10.0. The number of halogens is 2. The van der Waals surface area contributed by atoms with Crippen LogP contribution in [0.15, 0.2) is 46.0 Å². The summed E-state index contributed by atoms with van der Waals surface area (Å²) >= 11 is 9.29.